The molecule has 26 heavy (non-hydrogen) atoms. The minimum Gasteiger partial charge on any atom is -0.356 e. The Bertz CT molecular complexity index is 1040. The summed E-state index contributed by atoms with van der Waals surface area (Å²) in [5.74, 6) is 0. The van der Waals surface area contributed by atoms with E-state index in [0.717, 1.165) is 33.5 Å². The number of aromatic nitrogens is 2. The number of hydrogen-bond donors (Lipinski definition) is 1. The molecule has 4 rings (SSSR count). The van der Waals surface area contributed by atoms with Crippen molar-refractivity contribution in [2.75, 3.05) is 0 Å². The number of nitrogens with zero attached hydrogens (tertiary/aromatic N) is 2. The van der Waals surface area contributed by atoms with Crippen molar-refractivity contribution < 1.29 is 4.52 Å². The molecule has 0 radical (unpaired) electrons. The van der Waals surface area contributed by atoms with Crippen LogP contribution < -0.4 is 5.73 Å². The van der Waals surface area contributed by atoms with Gasteiger partial charge in [-0.3, -0.25) is 4.98 Å². The van der Waals surface area contributed by atoms with Crippen LogP contribution in [0.5, 0.6) is 0 Å². The summed E-state index contributed by atoms with van der Waals surface area (Å²) in [5.41, 5.74) is 11.0. The minimum atomic E-state index is -0.336. The second-order valence-electron chi connectivity index (χ2n) is 7.03. The number of hydrogen-bond acceptors (Lipinski definition) is 4. The Morgan fingerprint density at radius 1 is 0.923 bits per heavy atom. The average Bonchev–Trinajstić information content (AvgIpc) is 3.12. The second-order valence-corrected chi connectivity index (χ2v) is 7.03. The van der Waals surface area contributed by atoms with Gasteiger partial charge in [-0.05, 0) is 29.8 Å². The number of nitrogens with two attached hydrogens (primary N) is 1. The maximum absolute atomic E-state index is 6.76. The lowest BCUT2D eigenvalue weighted by Gasteiger charge is -2.32. The summed E-state index contributed by atoms with van der Waals surface area (Å²) < 4.78 is 5.51. The highest BCUT2D eigenvalue weighted by Gasteiger charge is 2.33. The fourth-order valence-corrected chi connectivity index (χ4v) is 3.36. The van der Waals surface area contributed by atoms with Gasteiger partial charge in [0.2, 0.25) is 0 Å². The second kappa shape index (κ2) is 6.39. The highest BCUT2D eigenvalue weighted by molar-refractivity contribution is 5.92. The highest BCUT2D eigenvalue weighted by atomic mass is 16.5. The van der Waals surface area contributed by atoms with Gasteiger partial charge in [-0.25, -0.2) is 0 Å². The molecular weight excluding hydrogens is 322 g/mol. The highest BCUT2D eigenvalue weighted by Crippen LogP contribution is 2.39. The topological polar surface area (TPSA) is 64.9 Å². The van der Waals surface area contributed by atoms with Crippen LogP contribution in [0.4, 0.5) is 0 Å². The first-order valence-corrected chi connectivity index (χ1v) is 8.70. The standard InChI is InChI=1S/C22H21N3O/c1-22(2,19-13-7-8-14-24-19)21(23)16-10-4-3-9-15(16)20-17-11-5-6-12-18(17)26-25-20/h3-14,21H,23H2,1-2H3. The van der Waals surface area contributed by atoms with E-state index in [1.807, 2.05) is 60.7 Å². The minimum absolute atomic E-state index is 0.246. The third-order valence-electron chi connectivity index (χ3n) is 5.03. The van der Waals surface area contributed by atoms with Crippen LogP contribution in [-0.4, -0.2) is 10.1 Å². The number of benzene rings is 2. The molecule has 0 saturated carbocycles. The maximum atomic E-state index is 6.76. The predicted octanol–water partition coefficient (Wildman–Crippen LogP) is 4.87. The molecule has 2 heterocycles. The molecule has 130 valence electrons. The number of fused-ring (bicyclic) bond motifs is 1. The predicted molar refractivity (Wildman–Crippen MR) is 104 cm³/mol. The first-order valence-electron chi connectivity index (χ1n) is 8.70. The Hall–Kier alpha value is -2.98. The van der Waals surface area contributed by atoms with Crippen LogP contribution in [0.1, 0.15) is 31.1 Å². The maximum Gasteiger partial charge on any atom is 0.167 e. The number of rotatable bonds is 4. The molecule has 0 aliphatic heterocycles. The fraction of sp³-hybridized carbons (Fsp3) is 0.182. The Labute approximate surface area is 152 Å². The van der Waals surface area contributed by atoms with Crippen molar-refractivity contribution >= 4 is 11.0 Å². The van der Waals surface area contributed by atoms with Gasteiger partial charge >= 0.3 is 0 Å². The van der Waals surface area contributed by atoms with Gasteiger partial charge in [-0.1, -0.05) is 61.5 Å². The van der Waals surface area contributed by atoms with Gasteiger partial charge in [-0.2, -0.15) is 0 Å². The van der Waals surface area contributed by atoms with Gasteiger partial charge in [0.15, 0.2) is 5.58 Å². The lowest BCUT2D eigenvalue weighted by Crippen LogP contribution is -2.34. The van der Waals surface area contributed by atoms with Gasteiger partial charge in [0.1, 0.15) is 5.69 Å². The Balaban J connectivity index is 1.84. The first kappa shape index (κ1) is 16.5. The van der Waals surface area contributed by atoms with E-state index < -0.39 is 0 Å². The molecule has 1 unspecified atom stereocenters. The van der Waals surface area contributed by atoms with Crippen molar-refractivity contribution in [2.24, 2.45) is 5.73 Å². The van der Waals surface area contributed by atoms with Crippen molar-refractivity contribution in [2.45, 2.75) is 25.3 Å². The van der Waals surface area contributed by atoms with Crippen molar-refractivity contribution in [3.05, 3.63) is 84.2 Å². The molecule has 2 aromatic carbocycles. The summed E-state index contributed by atoms with van der Waals surface area (Å²) in [5, 5.41) is 5.31. The summed E-state index contributed by atoms with van der Waals surface area (Å²) in [6, 6.07) is 21.7. The zero-order valence-corrected chi connectivity index (χ0v) is 14.9. The summed E-state index contributed by atoms with van der Waals surface area (Å²) in [7, 11) is 0. The summed E-state index contributed by atoms with van der Waals surface area (Å²) in [4.78, 5) is 4.53. The summed E-state index contributed by atoms with van der Waals surface area (Å²) in [6.07, 6.45) is 1.81. The normalized spacial score (nSPS) is 13.0. The van der Waals surface area contributed by atoms with E-state index in [4.69, 9.17) is 10.3 Å². The molecule has 4 heteroatoms. The van der Waals surface area contributed by atoms with E-state index in [9.17, 15) is 0 Å². The van der Waals surface area contributed by atoms with Crippen LogP contribution in [0, 0.1) is 0 Å². The van der Waals surface area contributed by atoms with Crippen LogP contribution in [0.25, 0.3) is 22.2 Å². The molecular formula is C22H21N3O. The van der Waals surface area contributed by atoms with Crippen LogP contribution >= 0.6 is 0 Å². The molecule has 0 aliphatic carbocycles. The monoisotopic (exact) mass is 343 g/mol. The summed E-state index contributed by atoms with van der Waals surface area (Å²) >= 11 is 0. The SMILES string of the molecule is CC(C)(c1ccccn1)C(N)c1ccccc1-c1noc2ccccc12. The van der Waals surface area contributed by atoms with E-state index in [1.54, 1.807) is 6.20 Å². The lowest BCUT2D eigenvalue weighted by molar-refractivity contribution is 0.409. The molecule has 1 atom stereocenters. The Morgan fingerprint density at radius 3 is 2.46 bits per heavy atom. The van der Waals surface area contributed by atoms with Gasteiger partial charge in [0.25, 0.3) is 0 Å². The molecule has 4 aromatic rings. The molecule has 0 bridgehead atoms. The van der Waals surface area contributed by atoms with Gasteiger partial charge in [0, 0.05) is 34.3 Å². The third-order valence-corrected chi connectivity index (χ3v) is 5.03. The van der Waals surface area contributed by atoms with Crippen LogP contribution in [-0.2, 0) is 5.41 Å². The van der Waals surface area contributed by atoms with E-state index in [1.165, 1.54) is 0 Å². The van der Waals surface area contributed by atoms with E-state index in [-0.39, 0.29) is 11.5 Å². The Morgan fingerprint density at radius 2 is 1.65 bits per heavy atom. The van der Waals surface area contributed by atoms with Crippen molar-refractivity contribution in [3.63, 3.8) is 0 Å². The molecule has 0 amide bonds. The van der Waals surface area contributed by atoms with Crippen LogP contribution in [0.3, 0.4) is 0 Å². The molecule has 0 aliphatic rings. The van der Waals surface area contributed by atoms with Crippen LogP contribution in [0.2, 0.25) is 0 Å². The zero-order valence-electron chi connectivity index (χ0n) is 14.9. The average molecular weight is 343 g/mol. The summed E-state index contributed by atoms with van der Waals surface area (Å²) in [6.45, 7) is 4.25. The lowest BCUT2D eigenvalue weighted by atomic mass is 9.76. The van der Waals surface area contributed by atoms with Crippen molar-refractivity contribution in [1.29, 1.82) is 0 Å². The zero-order chi connectivity index (χ0) is 18.1. The van der Waals surface area contributed by atoms with E-state index >= 15 is 0 Å². The number of para-hydroxylation sites is 1. The van der Waals surface area contributed by atoms with Crippen molar-refractivity contribution in [3.8, 4) is 11.3 Å². The molecule has 4 nitrogen and oxygen atoms in total. The molecule has 2 N–H and O–H groups in total. The third kappa shape index (κ3) is 2.68. The van der Waals surface area contributed by atoms with Gasteiger partial charge in [0.05, 0.1) is 0 Å². The van der Waals surface area contributed by atoms with Gasteiger partial charge in [-0.15, -0.1) is 0 Å². The first-order chi connectivity index (χ1) is 12.6. The largest absolute Gasteiger partial charge is 0.356 e. The smallest absolute Gasteiger partial charge is 0.167 e. The molecule has 2 aromatic heterocycles. The molecule has 0 fully saturated rings. The molecule has 0 spiro atoms. The quantitative estimate of drug-likeness (QED) is 0.574. The van der Waals surface area contributed by atoms with Crippen molar-refractivity contribution in [1.82, 2.24) is 10.1 Å². The van der Waals surface area contributed by atoms with E-state index in [2.05, 4.69) is 30.1 Å². The Kier molecular flexibility index (Phi) is 4.05. The number of pyridine rings is 1. The van der Waals surface area contributed by atoms with E-state index in [0.29, 0.717) is 0 Å². The fourth-order valence-electron chi connectivity index (χ4n) is 3.36. The van der Waals surface area contributed by atoms with Crippen LogP contribution in [0.15, 0.2) is 77.4 Å². The molecule has 0 saturated heterocycles. The van der Waals surface area contributed by atoms with Gasteiger partial charge < -0.3 is 10.3 Å².